The summed E-state index contributed by atoms with van der Waals surface area (Å²) < 4.78 is 5.55. The minimum absolute atomic E-state index is 0.268. The van der Waals surface area contributed by atoms with Crippen LogP contribution < -0.4 is 10.5 Å². The fraction of sp³-hybridized carbons (Fsp3) is 0.556. The Labute approximate surface area is 132 Å². The average Bonchev–Trinajstić information content (AvgIpc) is 2.54. The van der Waals surface area contributed by atoms with E-state index in [1.807, 2.05) is 25.1 Å². The Bertz CT molecular complexity index is 656. The fourth-order valence-corrected chi connectivity index (χ4v) is 2.61. The number of fused-ring (bicyclic) bond motifs is 1. The van der Waals surface area contributed by atoms with Crippen molar-refractivity contribution < 1.29 is 4.42 Å². The van der Waals surface area contributed by atoms with Crippen molar-refractivity contribution in [3.8, 4) is 0 Å². The van der Waals surface area contributed by atoms with Gasteiger partial charge in [0.25, 0.3) is 0 Å². The van der Waals surface area contributed by atoms with E-state index in [4.69, 9.17) is 4.42 Å². The van der Waals surface area contributed by atoms with E-state index in [1.165, 1.54) is 0 Å². The maximum Gasteiger partial charge on any atom is 0.348 e. The lowest BCUT2D eigenvalue weighted by molar-refractivity contribution is 0.478. The van der Waals surface area contributed by atoms with Crippen LogP contribution in [0.15, 0.2) is 27.4 Å². The minimum atomic E-state index is -0.268. The van der Waals surface area contributed by atoms with Gasteiger partial charge in [-0.15, -0.1) is 0 Å². The molecule has 22 heavy (non-hydrogen) atoms. The number of unbranched alkanes of at least 4 members (excludes halogenated alkanes) is 2. The van der Waals surface area contributed by atoms with E-state index in [-0.39, 0.29) is 5.63 Å². The molecule has 0 radical (unpaired) electrons. The van der Waals surface area contributed by atoms with Crippen LogP contribution in [0.4, 0.5) is 6.01 Å². The van der Waals surface area contributed by atoms with Gasteiger partial charge in [-0.25, -0.2) is 4.79 Å². The largest absolute Gasteiger partial charge is 0.389 e. The van der Waals surface area contributed by atoms with Gasteiger partial charge in [-0.1, -0.05) is 45.7 Å². The van der Waals surface area contributed by atoms with E-state index in [2.05, 4.69) is 23.7 Å². The Balaban J connectivity index is 2.43. The standard InChI is InChI=1S/C18H26N2O2/c1-4-7-12-20(13-8-5-2)18-19-15-11-9-10-14(6-3)16(15)17(21)22-18/h9-11H,4-8,12-13H2,1-3H3. The first-order chi connectivity index (χ1) is 10.7. The number of nitrogens with zero attached hydrogens (tertiary/aromatic N) is 2. The van der Waals surface area contributed by atoms with Crippen LogP contribution in [0, 0.1) is 0 Å². The maximum atomic E-state index is 12.4. The number of benzene rings is 1. The van der Waals surface area contributed by atoms with E-state index < -0.39 is 0 Å². The zero-order chi connectivity index (χ0) is 15.9. The van der Waals surface area contributed by atoms with Crippen molar-refractivity contribution in [1.82, 2.24) is 4.98 Å². The number of aromatic nitrogens is 1. The van der Waals surface area contributed by atoms with Crippen molar-refractivity contribution in [3.05, 3.63) is 34.2 Å². The summed E-state index contributed by atoms with van der Waals surface area (Å²) in [5.74, 6) is 0. The normalized spacial score (nSPS) is 11.0. The summed E-state index contributed by atoms with van der Waals surface area (Å²) in [6, 6.07) is 6.28. The van der Waals surface area contributed by atoms with Crippen LogP contribution in [0.3, 0.4) is 0 Å². The molecule has 0 fully saturated rings. The molecule has 1 aromatic carbocycles. The van der Waals surface area contributed by atoms with Gasteiger partial charge in [-0.2, -0.15) is 4.98 Å². The highest BCUT2D eigenvalue weighted by molar-refractivity contribution is 5.81. The third-order valence-corrected chi connectivity index (χ3v) is 3.95. The van der Waals surface area contributed by atoms with Gasteiger partial charge < -0.3 is 9.32 Å². The van der Waals surface area contributed by atoms with E-state index in [0.717, 1.165) is 56.3 Å². The van der Waals surface area contributed by atoms with Gasteiger partial charge in [0.2, 0.25) is 0 Å². The second-order valence-electron chi connectivity index (χ2n) is 5.64. The van der Waals surface area contributed by atoms with E-state index in [9.17, 15) is 4.79 Å². The van der Waals surface area contributed by atoms with Crippen molar-refractivity contribution in [2.45, 2.75) is 52.9 Å². The van der Waals surface area contributed by atoms with Crippen LogP contribution in [-0.4, -0.2) is 18.1 Å². The molecule has 4 nitrogen and oxygen atoms in total. The molecule has 0 bridgehead atoms. The van der Waals surface area contributed by atoms with Crippen LogP contribution in [0.1, 0.15) is 52.0 Å². The number of anilines is 1. The third kappa shape index (κ3) is 3.67. The Morgan fingerprint density at radius 1 is 1.09 bits per heavy atom. The molecule has 0 atom stereocenters. The van der Waals surface area contributed by atoms with E-state index in [1.54, 1.807) is 0 Å². The molecule has 0 saturated carbocycles. The number of hydrogen-bond acceptors (Lipinski definition) is 4. The summed E-state index contributed by atoms with van der Waals surface area (Å²) in [5, 5.41) is 0.625. The van der Waals surface area contributed by atoms with Gasteiger partial charge in [0.1, 0.15) is 0 Å². The van der Waals surface area contributed by atoms with Crippen LogP contribution in [0.25, 0.3) is 10.9 Å². The van der Waals surface area contributed by atoms with Gasteiger partial charge in [-0.05, 0) is 30.9 Å². The first-order valence-electron chi connectivity index (χ1n) is 8.38. The Morgan fingerprint density at radius 3 is 2.36 bits per heavy atom. The molecule has 2 aromatic rings. The van der Waals surface area contributed by atoms with Gasteiger partial charge >= 0.3 is 11.6 Å². The molecule has 0 aliphatic heterocycles. The SMILES string of the molecule is CCCCN(CCCC)c1nc2cccc(CC)c2c(=O)o1. The Kier molecular flexibility index (Phi) is 5.99. The predicted molar refractivity (Wildman–Crippen MR) is 91.7 cm³/mol. The van der Waals surface area contributed by atoms with Crippen LogP contribution in [0.2, 0.25) is 0 Å². The topological polar surface area (TPSA) is 46.3 Å². The third-order valence-electron chi connectivity index (χ3n) is 3.95. The maximum absolute atomic E-state index is 12.4. The van der Waals surface area contributed by atoms with E-state index >= 15 is 0 Å². The summed E-state index contributed by atoms with van der Waals surface area (Å²) in [7, 11) is 0. The molecule has 1 heterocycles. The minimum Gasteiger partial charge on any atom is -0.389 e. The number of rotatable bonds is 8. The van der Waals surface area contributed by atoms with Gasteiger partial charge in [0.05, 0.1) is 10.9 Å². The average molecular weight is 302 g/mol. The summed E-state index contributed by atoms with van der Waals surface area (Å²) in [4.78, 5) is 19.1. The van der Waals surface area contributed by atoms with Crippen LogP contribution in [-0.2, 0) is 6.42 Å². The lowest BCUT2D eigenvalue weighted by atomic mass is 10.1. The summed E-state index contributed by atoms with van der Waals surface area (Å²) in [5.41, 5.74) is 1.47. The molecule has 0 spiro atoms. The second kappa shape index (κ2) is 7.97. The molecule has 0 N–H and O–H groups in total. The first kappa shape index (κ1) is 16.5. The zero-order valence-corrected chi connectivity index (χ0v) is 13.9. The highest BCUT2D eigenvalue weighted by atomic mass is 16.4. The van der Waals surface area contributed by atoms with Crippen molar-refractivity contribution in [1.29, 1.82) is 0 Å². The quantitative estimate of drug-likeness (QED) is 0.734. The monoisotopic (exact) mass is 302 g/mol. The lowest BCUT2D eigenvalue weighted by Gasteiger charge is -2.21. The Hall–Kier alpha value is -1.84. The van der Waals surface area contributed by atoms with Gasteiger partial charge in [0.15, 0.2) is 0 Å². The molecule has 2 rings (SSSR count). The summed E-state index contributed by atoms with van der Waals surface area (Å²) in [6.45, 7) is 8.12. The molecular formula is C18H26N2O2. The lowest BCUT2D eigenvalue weighted by Crippen LogP contribution is -2.27. The smallest absolute Gasteiger partial charge is 0.348 e. The molecule has 120 valence electrons. The first-order valence-corrected chi connectivity index (χ1v) is 8.38. The molecule has 4 heteroatoms. The predicted octanol–water partition coefficient (Wildman–Crippen LogP) is 4.16. The van der Waals surface area contributed by atoms with Crippen molar-refractivity contribution in [3.63, 3.8) is 0 Å². The molecule has 0 aliphatic rings. The molecule has 0 aliphatic carbocycles. The molecule has 0 amide bonds. The Morgan fingerprint density at radius 2 is 1.77 bits per heavy atom. The fourth-order valence-electron chi connectivity index (χ4n) is 2.61. The van der Waals surface area contributed by atoms with Crippen molar-refractivity contribution in [2.75, 3.05) is 18.0 Å². The van der Waals surface area contributed by atoms with Crippen molar-refractivity contribution >= 4 is 16.9 Å². The summed E-state index contributed by atoms with van der Waals surface area (Å²) >= 11 is 0. The molecule has 0 unspecified atom stereocenters. The van der Waals surface area contributed by atoms with Gasteiger partial charge in [-0.3, -0.25) is 0 Å². The highest BCUT2D eigenvalue weighted by Gasteiger charge is 2.14. The molecule has 1 aromatic heterocycles. The highest BCUT2D eigenvalue weighted by Crippen LogP contribution is 2.19. The number of aryl methyl sites for hydroxylation is 1. The molecular weight excluding hydrogens is 276 g/mol. The van der Waals surface area contributed by atoms with Crippen LogP contribution >= 0.6 is 0 Å². The van der Waals surface area contributed by atoms with E-state index in [0.29, 0.717) is 11.4 Å². The zero-order valence-electron chi connectivity index (χ0n) is 13.9. The molecule has 0 saturated heterocycles. The van der Waals surface area contributed by atoms with Crippen LogP contribution in [0.5, 0.6) is 0 Å². The van der Waals surface area contributed by atoms with Crippen molar-refractivity contribution in [2.24, 2.45) is 0 Å². The second-order valence-corrected chi connectivity index (χ2v) is 5.64. The number of hydrogen-bond donors (Lipinski definition) is 0. The van der Waals surface area contributed by atoms with Gasteiger partial charge in [0, 0.05) is 13.1 Å². The summed E-state index contributed by atoms with van der Waals surface area (Å²) in [6.07, 6.45) is 5.17.